The molecule has 152 valence electrons. The third kappa shape index (κ3) is 8.66. The molecule has 29 heavy (non-hydrogen) atoms. The SMILES string of the molecule is C=CCCCCCCCCCOc1ccc(C(=O)Oc2ccc(C#N)cc2)cc1. The molecule has 0 atom stereocenters. The molecule has 2 aromatic rings. The number of carbonyl (C=O) groups excluding carboxylic acids is 1. The highest BCUT2D eigenvalue weighted by atomic mass is 16.5. The summed E-state index contributed by atoms with van der Waals surface area (Å²) >= 11 is 0. The number of hydrogen-bond donors (Lipinski definition) is 0. The number of nitriles is 1. The molecule has 0 aliphatic heterocycles. The summed E-state index contributed by atoms with van der Waals surface area (Å²) in [7, 11) is 0. The first-order chi connectivity index (χ1) is 14.2. The van der Waals surface area contributed by atoms with E-state index in [1.165, 1.54) is 38.5 Å². The van der Waals surface area contributed by atoms with Crippen LogP contribution in [0, 0.1) is 11.3 Å². The van der Waals surface area contributed by atoms with Gasteiger partial charge in [0.15, 0.2) is 0 Å². The maximum Gasteiger partial charge on any atom is 0.343 e. The predicted molar refractivity (Wildman–Crippen MR) is 115 cm³/mol. The van der Waals surface area contributed by atoms with Crippen molar-refractivity contribution in [2.45, 2.75) is 51.4 Å². The molecule has 0 spiro atoms. The molecule has 0 radical (unpaired) electrons. The van der Waals surface area contributed by atoms with Crippen molar-refractivity contribution in [1.29, 1.82) is 5.26 Å². The van der Waals surface area contributed by atoms with Crippen LogP contribution < -0.4 is 9.47 Å². The first-order valence-corrected chi connectivity index (χ1v) is 10.3. The average molecular weight is 392 g/mol. The zero-order valence-electron chi connectivity index (χ0n) is 16.9. The summed E-state index contributed by atoms with van der Waals surface area (Å²) in [6, 6.07) is 15.4. The Morgan fingerprint density at radius 2 is 1.45 bits per heavy atom. The summed E-state index contributed by atoms with van der Waals surface area (Å²) < 4.78 is 11.1. The van der Waals surface area contributed by atoms with Gasteiger partial charge < -0.3 is 9.47 Å². The van der Waals surface area contributed by atoms with Gasteiger partial charge in [0.05, 0.1) is 23.8 Å². The lowest BCUT2D eigenvalue weighted by Gasteiger charge is -2.08. The van der Waals surface area contributed by atoms with Gasteiger partial charge in [0.25, 0.3) is 0 Å². The van der Waals surface area contributed by atoms with Crippen molar-refractivity contribution in [2.75, 3.05) is 6.61 Å². The highest BCUT2D eigenvalue weighted by molar-refractivity contribution is 5.91. The Morgan fingerprint density at radius 1 is 0.862 bits per heavy atom. The fourth-order valence-electron chi connectivity index (χ4n) is 2.92. The van der Waals surface area contributed by atoms with Crippen LogP contribution in [0.4, 0.5) is 0 Å². The van der Waals surface area contributed by atoms with Crippen LogP contribution in [-0.4, -0.2) is 12.6 Å². The van der Waals surface area contributed by atoms with Gasteiger partial charge in [-0.15, -0.1) is 6.58 Å². The highest BCUT2D eigenvalue weighted by Crippen LogP contribution is 2.17. The number of ether oxygens (including phenoxy) is 2. The minimum atomic E-state index is -0.436. The first kappa shape index (κ1) is 22.2. The number of benzene rings is 2. The number of nitrogens with zero attached hydrogens (tertiary/aromatic N) is 1. The maximum atomic E-state index is 12.2. The van der Waals surface area contributed by atoms with Gasteiger partial charge in [0, 0.05) is 0 Å². The topological polar surface area (TPSA) is 59.3 Å². The van der Waals surface area contributed by atoms with Crippen LogP contribution in [0.25, 0.3) is 0 Å². The Hall–Kier alpha value is -3.06. The number of unbranched alkanes of at least 4 members (excludes halogenated alkanes) is 7. The Morgan fingerprint density at radius 3 is 2.07 bits per heavy atom. The van der Waals surface area contributed by atoms with E-state index in [4.69, 9.17) is 14.7 Å². The van der Waals surface area contributed by atoms with E-state index < -0.39 is 5.97 Å². The van der Waals surface area contributed by atoms with E-state index in [1.54, 1.807) is 48.5 Å². The summed E-state index contributed by atoms with van der Waals surface area (Å²) in [4.78, 5) is 12.2. The van der Waals surface area contributed by atoms with Gasteiger partial charge in [-0.2, -0.15) is 5.26 Å². The molecule has 0 aliphatic carbocycles. The third-order valence-corrected chi connectivity index (χ3v) is 4.61. The summed E-state index contributed by atoms with van der Waals surface area (Å²) in [6.45, 7) is 4.43. The standard InChI is InChI=1S/C25H29NO3/c1-2-3-4-5-6-7-8-9-10-19-28-23-17-13-22(14-18-23)25(27)29-24-15-11-21(20-26)12-16-24/h2,11-18H,1,3-10,19H2. The van der Waals surface area contributed by atoms with E-state index >= 15 is 0 Å². The number of esters is 1. The van der Waals surface area contributed by atoms with Crippen LogP contribution in [0.15, 0.2) is 61.2 Å². The van der Waals surface area contributed by atoms with Gasteiger partial charge in [0.1, 0.15) is 11.5 Å². The van der Waals surface area contributed by atoms with Gasteiger partial charge in [-0.25, -0.2) is 4.79 Å². The molecule has 0 N–H and O–H groups in total. The largest absolute Gasteiger partial charge is 0.494 e. The zero-order valence-corrected chi connectivity index (χ0v) is 16.9. The first-order valence-electron chi connectivity index (χ1n) is 10.3. The van der Waals surface area contributed by atoms with Crippen molar-refractivity contribution in [1.82, 2.24) is 0 Å². The molecule has 0 saturated heterocycles. The number of rotatable bonds is 13. The lowest BCUT2D eigenvalue weighted by Crippen LogP contribution is -2.08. The van der Waals surface area contributed by atoms with E-state index in [1.807, 2.05) is 12.1 Å². The van der Waals surface area contributed by atoms with Crippen LogP contribution in [0.1, 0.15) is 67.3 Å². The van der Waals surface area contributed by atoms with Gasteiger partial charge in [-0.3, -0.25) is 0 Å². The Bertz CT molecular complexity index is 788. The van der Waals surface area contributed by atoms with E-state index in [0.717, 1.165) is 18.6 Å². The van der Waals surface area contributed by atoms with Crippen molar-refractivity contribution in [2.24, 2.45) is 0 Å². The summed E-state index contributed by atoms with van der Waals surface area (Å²) in [5, 5.41) is 8.79. The van der Waals surface area contributed by atoms with Crippen LogP contribution in [-0.2, 0) is 0 Å². The molecule has 0 bridgehead atoms. The van der Waals surface area contributed by atoms with Gasteiger partial charge >= 0.3 is 5.97 Å². The molecular formula is C25H29NO3. The molecule has 0 aliphatic rings. The fraction of sp³-hybridized carbons (Fsp3) is 0.360. The second kappa shape index (κ2) is 13.2. The van der Waals surface area contributed by atoms with Crippen LogP contribution in [0.5, 0.6) is 11.5 Å². The van der Waals surface area contributed by atoms with E-state index in [9.17, 15) is 4.79 Å². The predicted octanol–water partition coefficient (Wildman–Crippen LogP) is 6.46. The summed E-state index contributed by atoms with van der Waals surface area (Å²) in [6.07, 6.45) is 11.7. The molecule has 4 nitrogen and oxygen atoms in total. The molecule has 0 aromatic heterocycles. The van der Waals surface area contributed by atoms with Crippen molar-refractivity contribution in [3.05, 3.63) is 72.3 Å². The van der Waals surface area contributed by atoms with E-state index in [-0.39, 0.29) is 0 Å². The molecule has 2 aromatic carbocycles. The van der Waals surface area contributed by atoms with E-state index in [0.29, 0.717) is 23.5 Å². The molecule has 0 fully saturated rings. The Kier molecular flexibility index (Phi) is 10.1. The Balaban J connectivity index is 1.63. The normalized spacial score (nSPS) is 10.2. The fourth-order valence-corrected chi connectivity index (χ4v) is 2.92. The number of carbonyl (C=O) groups is 1. The van der Waals surface area contributed by atoms with Gasteiger partial charge in [0.2, 0.25) is 0 Å². The van der Waals surface area contributed by atoms with Crippen molar-refractivity contribution in [3.8, 4) is 17.6 Å². The van der Waals surface area contributed by atoms with Crippen LogP contribution in [0.2, 0.25) is 0 Å². The molecule has 0 heterocycles. The smallest absolute Gasteiger partial charge is 0.343 e. The average Bonchev–Trinajstić information content (AvgIpc) is 2.76. The maximum absolute atomic E-state index is 12.2. The van der Waals surface area contributed by atoms with Crippen molar-refractivity contribution < 1.29 is 14.3 Å². The second-order valence-electron chi connectivity index (χ2n) is 6.95. The second-order valence-corrected chi connectivity index (χ2v) is 6.95. The van der Waals surface area contributed by atoms with E-state index in [2.05, 4.69) is 6.58 Å². The molecular weight excluding hydrogens is 362 g/mol. The third-order valence-electron chi connectivity index (χ3n) is 4.61. The molecule has 2 rings (SSSR count). The highest BCUT2D eigenvalue weighted by Gasteiger charge is 2.09. The molecule has 4 heteroatoms. The van der Waals surface area contributed by atoms with Crippen molar-refractivity contribution in [3.63, 3.8) is 0 Å². The molecule has 0 saturated carbocycles. The minimum absolute atomic E-state index is 0.412. The number of allylic oxidation sites excluding steroid dienone is 1. The molecule has 0 unspecified atom stereocenters. The van der Waals surface area contributed by atoms with Gasteiger partial charge in [-0.05, 0) is 67.8 Å². The number of hydrogen-bond acceptors (Lipinski definition) is 4. The van der Waals surface area contributed by atoms with Crippen LogP contribution >= 0.6 is 0 Å². The zero-order chi connectivity index (χ0) is 20.7. The molecule has 0 amide bonds. The van der Waals surface area contributed by atoms with Crippen LogP contribution in [0.3, 0.4) is 0 Å². The lowest BCUT2D eigenvalue weighted by atomic mass is 10.1. The monoisotopic (exact) mass is 391 g/mol. The Labute approximate surface area is 173 Å². The summed E-state index contributed by atoms with van der Waals surface area (Å²) in [5.41, 5.74) is 0.980. The minimum Gasteiger partial charge on any atom is -0.494 e. The quantitative estimate of drug-likeness (QED) is 0.170. The van der Waals surface area contributed by atoms with Crippen molar-refractivity contribution >= 4 is 5.97 Å². The summed E-state index contributed by atoms with van der Waals surface area (Å²) in [5.74, 6) is 0.730. The van der Waals surface area contributed by atoms with Gasteiger partial charge in [-0.1, -0.05) is 38.2 Å². The lowest BCUT2D eigenvalue weighted by molar-refractivity contribution is 0.0734.